The van der Waals surface area contributed by atoms with Crippen LogP contribution in [-0.4, -0.2) is 26.4 Å². The summed E-state index contributed by atoms with van der Waals surface area (Å²) in [4.78, 5) is 12.4. The molecule has 1 atom stereocenters. The number of thioether (sulfide) groups is 1. The highest BCUT2D eigenvalue weighted by Crippen LogP contribution is 2.26. The van der Waals surface area contributed by atoms with Gasteiger partial charge in [-0.05, 0) is 75.6 Å². The van der Waals surface area contributed by atoms with E-state index in [1.807, 2.05) is 57.4 Å². The molecule has 6 nitrogen and oxygen atoms in total. The van der Waals surface area contributed by atoms with Gasteiger partial charge in [-0.1, -0.05) is 35.5 Å². The van der Waals surface area contributed by atoms with Crippen LogP contribution in [0.15, 0.2) is 41.6 Å². The normalized spacial score (nSPS) is 11.9. The van der Waals surface area contributed by atoms with E-state index in [9.17, 15) is 4.79 Å². The van der Waals surface area contributed by atoms with Crippen molar-refractivity contribution in [3.05, 3.63) is 63.9 Å². The number of rotatable bonds is 8. The Morgan fingerprint density at radius 3 is 2.55 bits per heavy atom. The molecule has 3 rings (SSSR count). The van der Waals surface area contributed by atoms with Crippen molar-refractivity contribution in [3.8, 4) is 5.75 Å². The van der Waals surface area contributed by atoms with E-state index in [2.05, 4.69) is 21.6 Å². The van der Waals surface area contributed by atoms with Gasteiger partial charge in [-0.2, -0.15) is 0 Å². The van der Waals surface area contributed by atoms with Crippen LogP contribution in [0, 0.1) is 20.8 Å². The molecule has 0 radical (unpaired) electrons. The number of aryl methyl sites for hydroxylation is 3. The van der Waals surface area contributed by atoms with E-state index in [0.717, 1.165) is 28.3 Å². The third-order valence-electron chi connectivity index (χ3n) is 4.74. The van der Waals surface area contributed by atoms with Crippen LogP contribution in [0.1, 0.15) is 42.5 Å². The predicted octanol–water partition coefficient (Wildman–Crippen LogP) is 5.75. The summed E-state index contributed by atoms with van der Waals surface area (Å²) in [7, 11) is 0. The molecule has 0 bridgehead atoms. The van der Waals surface area contributed by atoms with Gasteiger partial charge < -0.3 is 14.6 Å². The van der Waals surface area contributed by atoms with Gasteiger partial charge in [0.05, 0.1) is 5.75 Å². The van der Waals surface area contributed by atoms with Crippen LogP contribution >= 0.6 is 23.4 Å². The summed E-state index contributed by atoms with van der Waals surface area (Å²) < 4.78 is 8.10. The molecule has 31 heavy (non-hydrogen) atoms. The Bertz CT molecular complexity index is 1060. The van der Waals surface area contributed by atoms with Gasteiger partial charge in [-0.15, -0.1) is 10.2 Å². The van der Waals surface area contributed by atoms with Crippen molar-refractivity contribution in [2.24, 2.45) is 0 Å². The zero-order chi connectivity index (χ0) is 22.5. The third-order valence-corrected chi connectivity index (χ3v) is 5.94. The van der Waals surface area contributed by atoms with Crippen molar-refractivity contribution in [1.82, 2.24) is 14.8 Å². The summed E-state index contributed by atoms with van der Waals surface area (Å²) in [6, 6.07) is 11.5. The van der Waals surface area contributed by atoms with Crippen LogP contribution in [0.3, 0.4) is 0 Å². The second kappa shape index (κ2) is 10.2. The summed E-state index contributed by atoms with van der Waals surface area (Å²) in [5.74, 6) is 1.63. The van der Waals surface area contributed by atoms with Gasteiger partial charge in [0, 0.05) is 17.3 Å². The Balaban J connectivity index is 1.66. The Labute approximate surface area is 192 Å². The van der Waals surface area contributed by atoms with E-state index in [1.165, 1.54) is 11.8 Å². The second-order valence-corrected chi connectivity index (χ2v) is 8.84. The lowest BCUT2D eigenvalue weighted by molar-refractivity contribution is -0.113. The van der Waals surface area contributed by atoms with Crippen molar-refractivity contribution in [1.29, 1.82) is 0 Å². The summed E-state index contributed by atoms with van der Waals surface area (Å²) in [5, 5.41) is 12.8. The van der Waals surface area contributed by atoms with Gasteiger partial charge in [0.2, 0.25) is 5.91 Å². The Kier molecular flexibility index (Phi) is 7.62. The number of carbonyl (C=O) groups is 1. The van der Waals surface area contributed by atoms with Crippen molar-refractivity contribution >= 4 is 35.0 Å². The van der Waals surface area contributed by atoms with E-state index in [1.54, 1.807) is 12.1 Å². The van der Waals surface area contributed by atoms with E-state index in [-0.39, 0.29) is 17.8 Å². The van der Waals surface area contributed by atoms with Crippen molar-refractivity contribution in [2.45, 2.75) is 52.4 Å². The van der Waals surface area contributed by atoms with E-state index in [4.69, 9.17) is 16.3 Å². The van der Waals surface area contributed by atoms with E-state index < -0.39 is 0 Å². The fourth-order valence-corrected chi connectivity index (χ4v) is 4.29. The number of amides is 1. The molecule has 8 heteroatoms. The zero-order valence-electron chi connectivity index (χ0n) is 18.4. The molecule has 0 aliphatic carbocycles. The maximum Gasteiger partial charge on any atom is 0.234 e. The molecule has 0 aliphatic heterocycles. The Hall–Kier alpha value is -2.51. The molecule has 0 spiro atoms. The van der Waals surface area contributed by atoms with Gasteiger partial charge >= 0.3 is 0 Å². The highest BCUT2D eigenvalue weighted by molar-refractivity contribution is 7.99. The van der Waals surface area contributed by atoms with Crippen LogP contribution in [0.25, 0.3) is 0 Å². The minimum absolute atomic E-state index is 0.123. The molecule has 1 heterocycles. The number of carbonyl (C=O) groups excluding carboxylic acids is 1. The molecule has 1 unspecified atom stereocenters. The van der Waals surface area contributed by atoms with Crippen LogP contribution in [-0.2, 0) is 11.3 Å². The van der Waals surface area contributed by atoms with Gasteiger partial charge in [0.15, 0.2) is 17.1 Å². The van der Waals surface area contributed by atoms with Crippen LogP contribution in [0.4, 0.5) is 5.69 Å². The first-order valence-electron chi connectivity index (χ1n) is 10.1. The summed E-state index contributed by atoms with van der Waals surface area (Å²) >= 11 is 7.38. The SMILES string of the molecule is CCn1c(SCC(=O)Nc2cc(Cl)ccc2C)nnc1C(C)Oc1cc(C)cc(C)c1. The summed E-state index contributed by atoms with van der Waals surface area (Å²) in [6.07, 6.45) is -0.272. The molecule has 164 valence electrons. The topological polar surface area (TPSA) is 69.0 Å². The highest BCUT2D eigenvalue weighted by Gasteiger charge is 2.20. The third kappa shape index (κ3) is 6.02. The number of halogens is 1. The zero-order valence-corrected chi connectivity index (χ0v) is 20.0. The molecule has 0 aliphatic rings. The number of benzene rings is 2. The lowest BCUT2D eigenvalue weighted by Gasteiger charge is -2.16. The second-order valence-electron chi connectivity index (χ2n) is 7.46. The van der Waals surface area contributed by atoms with Crippen LogP contribution < -0.4 is 10.1 Å². The number of nitrogens with zero attached hydrogens (tertiary/aromatic N) is 3. The number of anilines is 1. The first-order valence-corrected chi connectivity index (χ1v) is 11.5. The lowest BCUT2D eigenvalue weighted by Crippen LogP contribution is -2.16. The fourth-order valence-electron chi connectivity index (χ4n) is 3.31. The first kappa shape index (κ1) is 23.2. The van der Waals surface area contributed by atoms with E-state index >= 15 is 0 Å². The standard InChI is InChI=1S/C23H27ClN4O2S/c1-6-28-22(17(5)30-19-10-14(2)9-15(3)11-19)26-27-23(28)31-13-21(29)25-20-12-18(24)8-7-16(20)4/h7-12,17H,6,13H2,1-5H3,(H,25,29). The van der Waals surface area contributed by atoms with Crippen LogP contribution in [0.2, 0.25) is 5.02 Å². The van der Waals surface area contributed by atoms with Crippen molar-refractivity contribution in [2.75, 3.05) is 11.1 Å². The van der Waals surface area contributed by atoms with Gasteiger partial charge in [-0.25, -0.2) is 0 Å². The van der Waals surface area contributed by atoms with Crippen molar-refractivity contribution < 1.29 is 9.53 Å². The van der Waals surface area contributed by atoms with Crippen LogP contribution in [0.5, 0.6) is 5.75 Å². The Morgan fingerprint density at radius 1 is 1.16 bits per heavy atom. The quantitative estimate of drug-likeness (QED) is 0.435. The fraction of sp³-hybridized carbons (Fsp3) is 0.348. The monoisotopic (exact) mass is 458 g/mol. The molecule has 0 saturated carbocycles. The maximum absolute atomic E-state index is 12.4. The average molecular weight is 459 g/mol. The minimum Gasteiger partial charge on any atom is -0.483 e. The minimum atomic E-state index is -0.272. The molecule has 3 aromatic rings. The summed E-state index contributed by atoms with van der Waals surface area (Å²) in [5.41, 5.74) is 3.97. The number of aromatic nitrogens is 3. The number of hydrogen-bond donors (Lipinski definition) is 1. The molecular formula is C23H27ClN4O2S. The van der Waals surface area contributed by atoms with E-state index in [0.29, 0.717) is 22.4 Å². The maximum atomic E-state index is 12.4. The number of nitrogens with one attached hydrogen (secondary N) is 1. The smallest absolute Gasteiger partial charge is 0.234 e. The van der Waals surface area contributed by atoms with Gasteiger partial charge in [0.1, 0.15) is 5.75 Å². The average Bonchev–Trinajstić information content (AvgIpc) is 3.11. The lowest BCUT2D eigenvalue weighted by atomic mass is 10.1. The number of hydrogen-bond acceptors (Lipinski definition) is 5. The molecule has 1 aromatic heterocycles. The highest BCUT2D eigenvalue weighted by atomic mass is 35.5. The molecule has 0 saturated heterocycles. The predicted molar refractivity (Wildman–Crippen MR) is 126 cm³/mol. The largest absolute Gasteiger partial charge is 0.483 e. The van der Waals surface area contributed by atoms with Gasteiger partial charge in [-0.3, -0.25) is 4.79 Å². The van der Waals surface area contributed by atoms with Crippen molar-refractivity contribution in [3.63, 3.8) is 0 Å². The molecule has 0 fully saturated rings. The first-order chi connectivity index (χ1) is 14.8. The molecule has 1 N–H and O–H groups in total. The number of ether oxygens (including phenoxy) is 1. The summed E-state index contributed by atoms with van der Waals surface area (Å²) in [6.45, 7) is 10.7. The molecular weight excluding hydrogens is 432 g/mol. The molecule has 2 aromatic carbocycles. The van der Waals surface area contributed by atoms with Gasteiger partial charge in [0.25, 0.3) is 0 Å². The molecule has 1 amide bonds. The Morgan fingerprint density at radius 2 is 1.87 bits per heavy atom.